The summed E-state index contributed by atoms with van der Waals surface area (Å²) < 4.78 is 31.2. The van der Waals surface area contributed by atoms with E-state index in [0.29, 0.717) is 18.7 Å². The molecule has 0 spiro atoms. The lowest BCUT2D eigenvalue weighted by atomic mass is 10.1. The summed E-state index contributed by atoms with van der Waals surface area (Å²) in [5.74, 6) is 1.35. The first-order valence-electron chi connectivity index (χ1n) is 10.1. The standard InChI is InChI=1S/C21H28FN3O3/c1-3-23-21(25-8-10-27-20(13-25)18-5-4-9-26-18)24-12-19-14(2)16-11-15(22)6-7-17(16)28-19/h6-7,11,18,20H,3-5,8-10,12-13H2,1-2H3,(H,23,24). The Morgan fingerprint density at radius 3 is 2.93 bits per heavy atom. The lowest BCUT2D eigenvalue weighted by molar-refractivity contribution is -0.0817. The highest BCUT2D eigenvalue weighted by Crippen LogP contribution is 2.27. The molecule has 152 valence electrons. The normalized spacial score (nSPS) is 23.5. The molecule has 2 fully saturated rings. The van der Waals surface area contributed by atoms with Gasteiger partial charge in [0, 0.05) is 37.2 Å². The van der Waals surface area contributed by atoms with Crippen molar-refractivity contribution < 1.29 is 18.3 Å². The van der Waals surface area contributed by atoms with Crippen LogP contribution in [0.25, 0.3) is 11.0 Å². The smallest absolute Gasteiger partial charge is 0.194 e. The summed E-state index contributed by atoms with van der Waals surface area (Å²) in [4.78, 5) is 7.03. The first-order valence-corrected chi connectivity index (χ1v) is 10.1. The molecule has 0 bridgehead atoms. The maximum Gasteiger partial charge on any atom is 0.194 e. The molecule has 0 radical (unpaired) electrons. The predicted octanol–water partition coefficient (Wildman–Crippen LogP) is 3.23. The van der Waals surface area contributed by atoms with Crippen LogP contribution in [0.3, 0.4) is 0 Å². The van der Waals surface area contributed by atoms with Gasteiger partial charge in [0.15, 0.2) is 5.96 Å². The van der Waals surface area contributed by atoms with Crippen molar-refractivity contribution in [3.05, 3.63) is 35.3 Å². The molecule has 6 nitrogen and oxygen atoms in total. The molecule has 2 aromatic rings. The number of morpholine rings is 1. The molecule has 2 aliphatic rings. The Bertz CT molecular complexity index is 845. The van der Waals surface area contributed by atoms with Gasteiger partial charge in [0.2, 0.25) is 0 Å². The van der Waals surface area contributed by atoms with E-state index >= 15 is 0 Å². The van der Waals surface area contributed by atoms with Crippen LogP contribution in [0.1, 0.15) is 31.1 Å². The number of hydrogen-bond donors (Lipinski definition) is 1. The first-order chi connectivity index (χ1) is 13.7. The number of aryl methyl sites for hydroxylation is 1. The molecule has 2 unspecified atom stereocenters. The number of furan rings is 1. The number of guanidine groups is 1. The average Bonchev–Trinajstić information content (AvgIpc) is 3.35. The summed E-state index contributed by atoms with van der Waals surface area (Å²) in [6.07, 6.45) is 2.42. The number of aliphatic imine (C=N–C) groups is 1. The molecule has 0 amide bonds. The van der Waals surface area contributed by atoms with Crippen molar-refractivity contribution >= 4 is 16.9 Å². The predicted molar refractivity (Wildman–Crippen MR) is 106 cm³/mol. The fraction of sp³-hybridized carbons (Fsp3) is 0.571. The molecule has 2 atom stereocenters. The molecule has 2 saturated heterocycles. The van der Waals surface area contributed by atoms with E-state index in [1.165, 1.54) is 12.1 Å². The molecule has 2 aliphatic heterocycles. The van der Waals surface area contributed by atoms with Crippen LogP contribution in [-0.2, 0) is 16.0 Å². The van der Waals surface area contributed by atoms with Crippen LogP contribution in [0.15, 0.2) is 27.6 Å². The van der Waals surface area contributed by atoms with Gasteiger partial charge in [-0.05, 0) is 44.9 Å². The van der Waals surface area contributed by atoms with Gasteiger partial charge in [0.25, 0.3) is 0 Å². The Kier molecular flexibility index (Phi) is 5.82. The highest BCUT2D eigenvalue weighted by molar-refractivity contribution is 5.83. The summed E-state index contributed by atoms with van der Waals surface area (Å²) in [6.45, 7) is 8.24. The molecule has 1 N–H and O–H groups in total. The monoisotopic (exact) mass is 389 g/mol. The largest absolute Gasteiger partial charge is 0.459 e. The molecule has 7 heteroatoms. The van der Waals surface area contributed by atoms with Crippen molar-refractivity contribution in [2.75, 3.05) is 32.8 Å². The van der Waals surface area contributed by atoms with Crippen molar-refractivity contribution in [2.45, 2.75) is 45.4 Å². The fourth-order valence-corrected chi connectivity index (χ4v) is 3.96. The second kappa shape index (κ2) is 8.49. The summed E-state index contributed by atoms with van der Waals surface area (Å²) in [5, 5.41) is 4.18. The Morgan fingerprint density at radius 1 is 1.29 bits per heavy atom. The Hall–Kier alpha value is -2.12. The van der Waals surface area contributed by atoms with Crippen LogP contribution in [0.2, 0.25) is 0 Å². The van der Waals surface area contributed by atoms with E-state index in [2.05, 4.69) is 17.1 Å². The summed E-state index contributed by atoms with van der Waals surface area (Å²) in [6, 6.07) is 4.60. The molecule has 1 aromatic heterocycles. The van der Waals surface area contributed by atoms with Crippen LogP contribution in [-0.4, -0.2) is 55.9 Å². The van der Waals surface area contributed by atoms with Crippen LogP contribution < -0.4 is 5.32 Å². The minimum absolute atomic E-state index is 0.0796. The lowest BCUT2D eigenvalue weighted by Gasteiger charge is -2.37. The highest BCUT2D eigenvalue weighted by atomic mass is 19.1. The van der Waals surface area contributed by atoms with Crippen molar-refractivity contribution in [3.8, 4) is 0 Å². The van der Waals surface area contributed by atoms with E-state index in [9.17, 15) is 4.39 Å². The van der Waals surface area contributed by atoms with E-state index in [1.54, 1.807) is 6.07 Å². The molecule has 1 aromatic carbocycles. The Labute approximate surface area is 164 Å². The van der Waals surface area contributed by atoms with E-state index in [-0.39, 0.29) is 18.0 Å². The van der Waals surface area contributed by atoms with Crippen LogP contribution in [0, 0.1) is 12.7 Å². The van der Waals surface area contributed by atoms with Crippen LogP contribution in [0.4, 0.5) is 4.39 Å². The molecular formula is C21H28FN3O3. The van der Waals surface area contributed by atoms with Crippen molar-refractivity contribution in [1.29, 1.82) is 0 Å². The van der Waals surface area contributed by atoms with Crippen molar-refractivity contribution in [1.82, 2.24) is 10.2 Å². The molecule has 0 saturated carbocycles. The van der Waals surface area contributed by atoms with Gasteiger partial charge in [-0.15, -0.1) is 0 Å². The summed E-state index contributed by atoms with van der Waals surface area (Å²) >= 11 is 0. The van der Waals surface area contributed by atoms with Gasteiger partial charge in [0.1, 0.15) is 29.8 Å². The van der Waals surface area contributed by atoms with Gasteiger partial charge in [-0.3, -0.25) is 0 Å². The molecule has 28 heavy (non-hydrogen) atoms. The fourth-order valence-electron chi connectivity index (χ4n) is 3.96. The summed E-state index contributed by atoms with van der Waals surface area (Å²) in [5.41, 5.74) is 1.63. The van der Waals surface area contributed by atoms with E-state index < -0.39 is 0 Å². The van der Waals surface area contributed by atoms with Gasteiger partial charge >= 0.3 is 0 Å². The molecule has 0 aliphatic carbocycles. The van der Waals surface area contributed by atoms with Gasteiger partial charge in [-0.1, -0.05) is 0 Å². The maximum absolute atomic E-state index is 13.5. The SMILES string of the molecule is CCNC(=NCc1oc2ccc(F)cc2c1C)N1CCOC(C2CCCO2)C1. The highest BCUT2D eigenvalue weighted by Gasteiger charge is 2.32. The Balaban J connectivity index is 1.51. The van der Waals surface area contributed by atoms with E-state index in [4.69, 9.17) is 18.9 Å². The number of hydrogen-bond acceptors (Lipinski definition) is 4. The molecule has 4 rings (SSSR count). The van der Waals surface area contributed by atoms with Crippen LogP contribution in [0.5, 0.6) is 0 Å². The first kappa shape index (κ1) is 19.2. The number of rotatable bonds is 4. The number of nitrogens with zero attached hydrogens (tertiary/aromatic N) is 2. The van der Waals surface area contributed by atoms with Crippen LogP contribution >= 0.6 is 0 Å². The Morgan fingerprint density at radius 2 is 2.14 bits per heavy atom. The maximum atomic E-state index is 13.5. The molecular weight excluding hydrogens is 361 g/mol. The number of nitrogens with one attached hydrogen (secondary N) is 1. The third kappa shape index (κ3) is 4.00. The third-order valence-electron chi connectivity index (χ3n) is 5.48. The van der Waals surface area contributed by atoms with E-state index in [0.717, 1.165) is 61.8 Å². The minimum atomic E-state index is -0.256. The minimum Gasteiger partial charge on any atom is -0.459 e. The number of halogens is 1. The quantitative estimate of drug-likeness (QED) is 0.643. The second-order valence-corrected chi connectivity index (χ2v) is 7.37. The number of benzene rings is 1. The lowest BCUT2D eigenvalue weighted by Crippen LogP contribution is -2.53. The van der Waals surface area contributed by atoms with Gasteiger partial charge < -0.3 is 24.1 Å². The summed E-state index contributed by atoms with van der Waals surface area (Å²) in [7, 11) is 0. The van der Waals surface area contributed by atoms with Gasteiger partial charge in [-0.25, -0.2) is 9.38 Å². The zero-order valence-corrected chi connectivity index (χ0v) is 16.5. The van der Waals surface area contributed by atoms with Gasteiger partial charge in [0.05, 0.1) is 12.7 Å². The third-order valence-corrected chi connectivity index (χ3v) is 5.48. The van der Waals surface area contributed by atoms with Crippen molar-refractivity contribution in [2.24, 2.45) is 4.99 Å². The molecule has 3 heterocycles. The van der Waals surface area contributed by atoms with E-state index in [1.807, 2.05) is 6.92 Å². The number of fused-ring (bicyclic) bond motifs is 1. The van der Waals surface area contributed by atoms with Crippen molar-refractivity contribution in [3.63, 3.8) is 0 Å². The zero-order chi connectivity index (χ0) is 19.5. The number of ether oxygens (including phenoxy) is 2. The second-order valence-electron chi connectivity index (χ2n) is 7.37. The zero-order valence-electron chi connectivity index (χ0n) is 16.5. The van der Waals surface area contributed by atoms with Gasteiger partial charge in [-0.2, -0.15) is 0 Å². The topological polar surface area (TPSA) is 59.2 Å². The average molecular weight is 389 g/mol.